The molecule has 150 valence electrons. The average molecular weight is 420 g/mol. The summed E-state index contributed by atoms with van der Waals surface area (Å²) in [5, 5.41) is 2.89. The number of rotatable bonds is 8. The molecule has 0 bridgehead atoms. The number of benzene rings is 2. The Bertz CT molecular complexity index is 861. The van der Waals surface area contributed by atoms with Crippen LogP contribution in [0, 0.1) is 0 Å². The van der Waals surface area contributed by atoms with Crippen molar-refractivity contribution in [2.24, 2.45) is 0 Å². The van der Waals surface area contributed by atoms with Crippen molar-refractivity contribution in [3.05, 3.63) is 53.1 Å². The van der Waals surface area contributed by atoms with Crippen molar-refractivity contribution in [2.45, 2.75) is 13.2 Å². The second-order valence-electron chi connectivity index (χ2n) is 5.12. The van der Waals surface area contributed by atoms with E-state index in [1.165, 1.54) is 25.3 Å². The van der Waals surface area contributed by atoms with E-state index >= 15 is 0 Å². The summed E-state index contributed by atoms with van der Waals surface area (Å²) < 4.78 is 63.2. The molecule has 5 nitrogen and oxygen atoms in total. The Kier molecular flexibility index (Phi) is 7.51. The van der Waals surface area contributed by atoms with Gasteiger partial charge in [0.15, 0.2) is 0 Å². The predicted octanol–water partition coefficient (Wildman–Crippen LogP) is 5.20. The van der Waals surface area contributed by atoms with Crippen molar-refractivity contribution in [3.8, 4) is 17.2 Å². The molecule has 0 aliphatic heterocycles. The van der Waals surface area contributed by atoms with Gasteiger partial charge in [0.1, 0.15) is 17.2 Å². The summed E-state index contributed by atoms with van der Waals surface area (Å²) >= 11 is 5.87. The minimum atomic E-state index is -3.20. The van der Waals surface area contributed by atoms with Crippen molar-refractivity contribution in [1.29, 1.82) is 0 Å². The molecule has 0 saturated heterocycles. The van der Waals surface area contributed by atoms with Gasteiger partial charge in [0.2, 0.25) is 5.91 Å². The van der Waals surface area contributed by atoms with Crippen molar-refractivity contribution in [3.63, 3.8) is 0 Å². The molecule has 0 radical (unpaired) electrons. The number of nitrogens with one attached hydrogen (secondary N) is 1. The summed E-state index contributed by atoms with van der Waals surface area (Å²) in [7, 11) is 1.41. The van der Waals surface area contributed by atoms with Crippen LogP contribution in [0.25, 0.3) is 6.08 Å². The Morgan fingerprint density at radius 1 is 1.04 bits per heavy atom. The van der Waals surface area contributed by atoms with Gasteiger partial charge in [-0.2, -0.15) is 17.6 Å². The smallest absolute Gasteiger partial charge is 0.387 e. The van der Waals surface area contributed by atoms with Gasteiger partial charge in [0, 0.05) is 22.7 Å². The van der Waals surface area contributed by atoms with Crippen LogP contribution in [0.1, 0.15) is 5.56 Å². The number of alkyl halides is 4. The fourth-order valence-electron chi connectivity index (χ4n) is 2.14. The molecule has 2 aromatic carbocycles. The monoisotopic (exact) mass is 419 g/mol. The number of ether oxygens (including phenoxy) is 3. The summed E-state index contributed by atoms with van der Waals surface area (Å²) in [6.45, 7) is -6.32. The zero-order chi connectivity index (χ0) is 20.7. The van der Waals surface area contributed by atoms with Crippen LogP contribution >= 0.6 is 11.6 Å². The third-order valence-electron chi connectivity index (χ3n) is 3.26. The molecule has 0 aromatic heterocycles. The molecule has 0 aliphatic carbocycles. The van der Waals surface area contributed by atoms with Crippen LogP contribution in [0.5, 0.6) is 17.2 Å². The Labute approximate surface area is 162 Å². The SMILES string of the molecule is COc1ccc(Cl)cc1NC(=O)/C=C/c1ccc(OC(F)F)cc1OC(F)F. The molecule has 28 heavy (non-hydrogen) atoms. The zero-order valence-electron chi connectivity index (χ0n) is 14.3. The van der Waals surface area contributed by atoms with Crippen molar-refractivity contribution >= 4 is 29.3 Å². The molecule has 1 amide bonds. The molecule has 1 N–H and O–H groups in total. The van der Waals surface area contributed by atoms with Crippen LogP contribution in [-0.2, 0) is 4.79 Å². The summed E-state index contributed by atoms with van der Waals surface area (Å²) in [6.07, 6.45) is 2.22. The summed E-state index contributed by atoms with van der Waals surface area (Å²) in [6, 6.07) is 7.78. The Hall–Kier alpha value is -2.94. The number of carbonyl (C=O) groups excluding carboxylic acids is 1. The predicted molar refractivity (Wildman–Crippen MR) is 95.4 cm³/mol. The average Bonchev–Trinajstić information content (AvgIpc) is 2.60. The van der Waals surface area contributed by atoms with Crippen molar-refractivity contribution in [2.75, 3.05) is 12.4 Å². The topological polar surface area (TPSA) is 56.8 Å². The van der Waals surface area contributed by atoms with E-state index in [1.54, 1.807) is 12.1 Å². The highest BCUT2D eigenvalue weighted by molar-refractivity contribution is 6.31. The molecule has 0 saturated carbocycles. The quantitative estimate of drug-likeness (QED) is 0.472. The first kappa shape index (κ1) is 21.4. The first-order valence-corrected chi connectivity index (χ1v) is 8.02. The van der Waals surface area contributed by atoms with Gasteiger partial charge in [-0.3, -0.25) is 4.79 Å². The molecule has 0 fully saturated rings. The van der Waals surface area contributed by atoms with Gasteiger partial charge in [0.05, 0.1) is 12.8 Å². The molecule has 10 heteroatoms. The van der Waals surface area contributed by atoms with Crippen LogP contribution in [0.2, 0.25) is 5.02 Å². The summed E-state index contributed by atoms with van der Waals surface area (Å²) in [5.74, 6) is -1.05. The molecule has 0 heterocycles. The zero-order valence-corrected chi connectivity index (χ0v) is 15.1. The highest BCUT2D eigenvalue weighted by Gasteiger charge is 2.13. The lowest BCUT2D eigenvalue weighted by molar-refractivity contribution is -0.111. The lowest BCUT2D eigenvalue weighted by Crippen LogP contribution is -2.09. The van der Waals surface area contributed by atoms with E-state index in [4.69, 9.17) is 16.3 Å². The summed E-state index contributed by atoms with van der Waals surface area (Å²) in [4.78, 5) is 12.1. The van der Waals surface area contributed by atoms with Gasteiger partial charge >= 0.3 is 13.2 Å². The highest BCUT2D eigenvalue weighted by atomic mass is 35.5. The van der Waals surface area contributed by atoms with Crippen molar-refractivity contribution in [1.82, 2.24) is 0 Å². The summed E-state index contributed by atoms with van der Waals surface area (Å²) in [5.41, 5.74) is 0.351. The minimum Gasteiger partial charge on any atom is -0.495 e. The maximum atomic E-state index is 12.6. The van der Waals surface area contributed by atoms with Crippen LogP contribution in [0.3, 0.4) is 0 Å². The molecular weight excluding hydrogens is 406 g/mol. The molecular formula is C18H14ClF4NO4. The van der Waals surface area contributed by atoms with Gasteiger partial charge < -0.3 is 19.5 Å². The van der Waals surface area contributed by atoms with Crippen LogP contribution in [-0.4, -0.2) is 26.2 Å². The third kappa shape index (κ3) is 6.34. The molecule has 2 rings (SSSR count). The molecule has 0 spiro atoms. The van der Waals surface area contributed by atoms with Gasteiger partial charge in [-0.1, -0.05) is 11.6 Å². The van der Waals surface area contributed by atoms with Crippen LogP contribution in [0.4, 0.5) is 23.2 Å². The number of amides is 1. The maximum Gasteiger partial charge on any atom is 0.387 e. The van der Waals surface area contributed by atoms with Gasteiger partial charge in [-0.15, -0.1) is 0 Å². The normalized spacial score (nSPS) is 11.1. The van der Waals surface area contributed by atoms with E-state index in [0.717, 1.165) is 18.2 Å². The highest BCUT2D eigenvalue weighted by Crippen LogP contribution is 2.29. The number of carbonyl (C=O) groups is 1. The first-order chi connectivity index (χ1) is 13.3. The Morgan fingerprint density at radius 2 is 1.75 bits per heavy atom. The second-order valence-corrected chi connectivity index (χ2v) is 5.56. The number of hydrogen-bond donors (Lipinski definition) is 1. The number of halogens is 5. The van der Waals surface area contributed by atoms with Crippen LogP contribution < -0.4 is 19.5 Å². The molecule has 2 aromatic rings. The van der Waals surface area contributed by atoms with Crippen LogP contribution in [0.15, 0.2) is 42.5 Å². The van der Waals surface area contributed by atoms with Crippen molar-refractivity contribution < 1.29 is 36.6 Å². The lowest BCUT2D eigenvalue weighted by Gasteiger charge is -2.11. The van der Waals surface area contributed by atoms with E-state index in [9.17, 15) is 22.4 Å². The van der Waals surface area contributed by atoms with E-state index in [-0.39, 0.29) is 11.3 Å². The number of hydrogen-bond acceptors (Lipinski definition) is 4. The molecule has 0 aliphatic rings. The maximum absolute atomic E-state index is 12.6. The van der Waals surface area contributed by atoms with Gasteiger partial charge in [0.25, 0.3) is 0 Å². The third-order valence-corrected chi connectivity index (χ3v) is 3.50. The van der Waals surface area contributed by atoms with Gasteiger partial charge in [-0.25, -0.2) is 0 Å². The molecule has 0 atom stereocenters. The lowest BCUT2D eigenvalue weighted by atomic mass is 10.1. The molecule has 0 unspecified atom stereocenters. The minimum absolute atomic E-state index is 0.0510. The Morgan fingerprint density at radius 3 is 2.39 bits per heavy atom. The largest absolute Gasteiger partial charge is 0.495 e. The fraction of sp³-hybridized carbons (Fsp3) is 0.167. The standard InChI is InChI=1S/C18H14ClF4NO4/c1-26-14-6-4-11(19)8-13(14)24-16(25)7-3-10-2-5-12(27-17(20)21)9-15(10)28-18(22)23/h2-9,17-18H,1H3,(H,24,25)/b7-3+. The fourth-order valence-corrected chi connectivity index (χ4v) is 2.32. The van der Waals surface area contributed by atoms with Gasteiger partial charge in [-0.05, 0) is 36.4 Å². The number of methoxy groups -OCH3 is 1. The second kappa shape index (κ2) is 9.84. The van der Waals surface area contributed by atoms with E-state index in [0.29, 0.717) is 16.5 Å². The van der Waals surface area contributed by atoms with E-state index in [1.807, 2.05) is 0 Å². The van der Waals surface area contributed by atoms with E-state index in [2.05, 4.69) is 14.8 Å². The Balaban J connectivity index is 2.20. The first-order valence-electron chi connectivity index (χ1n) is 7.64. The van der Waals surface area contributed by atoms with E-state index < -0.39 is 24.9 Å². The number of anilines is 1.